The van der Waals surface area contributed by atoms with Crippen molar-refractivity contribution in [3.8, 4) is 5.75 Å². The highest BCUT2D eigenvalue weighted by molar-refractivity contribution is 6.35. The Hall–Kier alpha value is -1.09. The van der Waals surface area contributed by atoms with Crippen LogP contribution in [0.25, 0.3) is 0 Å². The van der Waals surface area contributed by atoms with E-state index in [4.69, 9.17) is 39.5 Å². The maximum Gasteiger partial charge on any atom is 0.123 e. The zero-order chi connectivity index (χ0) is 13.8. The van der Waals surface area contributed by atoms with Crippen molar-refractivity contribution in [3.63, 3.8) is 0 Å². The molecule has 2 aromatic carbocycles. The average molecular weight is 317 g/mol. The first-order valence-electron chi connectivity index (χ1n) is 5.61. The summed E-state index contributed by atoms with van der Waals surface area (Å²) in [6, 6.07) is 10.8. The summed E-state index contributed by atoms with van der Waals surface area (Å²) in [6.07, 6.45) is 0. The third-order valence-corrected chi connectivity index (χ3v) is 3.26. The van der Waals surface area contributed by atoms with Gasteiger partial charge in [-0.2, -0.15) is 0 Å². The van der Waals surface area contributed by atoms with Crippen LogP contribution in [0.15, 0.2) is 36.4 Å². The number of anilines is 1. The zero-order valence-electron chi connectivity index (χ0n) is 10.2. The Morgan fingerprint density at radius 3 is 2.26 bits per heavy atom. The maximum absolute atomic E-state index is 5.98. The van der Waals surface area contributed by atoms with E-state index < -0.39 is 0 Å². The van der Waals surface area contributed by atoms with Gasteiger partial charge in [0.1, 0.15) is 5.75 Å². The van der Waals surface area contributed by atoms with E-state index in [0.29, 0.717) is 21.6 Å². The minimum Gasteiger partial charge on any atom is -0.496 e. The summed E-state index contributed by atoms with van der Waals surface area (Å²) >= 11 is 17.9. The summed E-state index contributed by atoms with van der Waals surface area (Å²) in [5.74, 6) is 0.782. The molecule has 0 radical (unpaired) electrons. The number of nitrogens with one attached hydrogen (secondary N) is 1. The molecule has 2 aromatic rings. The van der Waals surface area contributed by atoms with Crippen molar-refractivity contribution in [2.24, 2.45) is 0 Å². The van der Waals surface area contributed by atoms with Gasteiger partial charge in [0.2, 0.25) is 0 Å². The van der Waals surface area contributed by atoms with Gasteiger partial charge < -0.3 is 10.1 Å². The summed E-state index contributed by atoms with van der Waals surface area (Å²) in [4.78, 5) is 0. The number of halogens is 3. The number of benzene rings is 2. The average Bonchev–Trinajstić information content (AvgIpc) is 2.35. The summed E-state index contributed by atoms with van der Waals surface area (Å²) in [5, 5.41) is 5.09. The summed E-state index contributed by atoms with van der Waals surface area (Å²) in [7, 11) is 1.63. The van der Waals surface area contributed by atoms with Crippen LogP contribution in [-0.4, -0.2) is 7.11 Å². The van der Waals surface area contributed by atoms with E-state index in [-0.39, 0.29) is 0 Å². The molecule has 0 aromatic heterocycles. The van der Waals surface area contributed by atoms with E-state index in [0.717, 1.165) is 17.0 Å². The van der Waals surface area contributed by atoms with E-state index in [1.165, 1.54) is 0 Å². The van der Waals surface area contributed by atoms with Crippen LogP contribution in [0.4, 0.5) is 5.69 Å². The van der Waals surface area contributed by atoms with Gasteiger partial charge in [0.15, 0.2) is 0 Å². The number of hydrogen-bond acceptors (Lipinski definition) is 2. The predicted molar refractivity (Wildman–Crippen MR) is 81.8 cm³/mol. The highest BCUT2D eigenvalue weighted by atomic mass is 35.5. The largest absolute Gasteiger partial charge is 0.496 e. The van der Waals surface area contributed by atoms with E-state index in [1.807, 2.05) is 24.3 Å². The molecule has 2 nitrogen and oxygen atoms in total. The van der Waals surface area contributed by atoms with E-state index >= 15 is 0 Å². The lowest BCUT2D eigenvalue weighted by molar-refractivity contribution is 0.410. The molecule has 0 saturated carbocycles. The van der Waals surface area contributed by atoms with Crippen molar-refractivity contribution in [1.29, 1.82) is 0 Å². The van der Waals surface area contributed by atoms with Crippen LogP contribution < -0.4 is 10.1 Å². The van der Waals surface area contributed by atoms with Gasteiger partial charge in [-0.05, 0) is 36.4 Å². The third-order valence-electron chi connectivity index (χ3n) is 2.59. The van der Waals surface area contributed by atoms with Gasteiger partial charge in [0, 0.05) is 32.9 Å². The van der Waals surface area contributed by atoms with Crippen molar-refractivity contribution in [2.45, 2.75) is 6.54 Å². The normalized spacial score (nSPS) is 10.3. The molecule has 100 valence electrons. The van der Waals surface area contributed by atoms with Gasteiger partial charge in [-0.3, -0.25) is 0 Å². The molecule has 2 rings (SSSR count). The predicted octanol–water partition coefficient (Wildman–Crippen LogP) is 5.27. The Labute approximate surface area is 127 Å². The van der Waals surface area contributed by atoms with E-state index in [2.05, 4.69) is 5.32 Å². The van der Waals surface area contributed by atoms with Gasteiger partial charge in [-0.15, -0.1) is 0 Å². The van der Waals surface area contributed by atoms with Crippen molar-refractivity contribution in [3.05, 3.63) is 57.0 Å². The van der Waals surface area contributed by atoms with Crippen LogP contribution in [0.5, 0.6) is 5.75 Å². The van der Waals surface area contributed by atoms with Crippen LogP contribution in [0.3, 0.4) is 0 Å². The van der Waals surface area contributed by atoms with Crippen LogP contribution in [0, 0.1) is 0 Å². The van der Waals surface area contributed by atoms with Gasteiger partial charge >= 0.3 is 0 Å². The summed E-state index contributed by atoms with van der Waals surface area (Å²) in [5.41, 5.74) is 1.81. The highest BCUT2D eigenvalue weighted by Crippen LogP contribution is 2.26. The lowest BCUT2D eigenvalue weighted by Gasteiger charge is -2.11. The molecule has 0 aliphatic carbocycles. The second kappa shape index (κ2) is 6.38. The smallest absolute Gasteiger partial charge is 0.123 e. The molecule has 0 heterocycles. The quantitative estimate of drug-likeness (QED) is 0.830. The Kier molecular flexibility index (Phi) is 4.81. The van der Waals surface area contributed by atoms with Crippen molar-refractivity contribution < 1.29 is 4.74 Å². The van der Waals surface area contributed by atoms with Crippen molar-refractivity contribution in [1.82, 2.24) is 0 Å². The Morgan fingerprint density at radius 2 is 1.63 bits per heavy atom. The first-order chi connectivity index (χ1) is 9.08. The minimum absolute atomic E-state index is 0.570. The third kappa shape index (κ3) is 3.93. The Bertz CT molecular complexity index is 567. The second-order valence-electron chi connectivity index (χ2n) is 3.97. The molecule has 0 spiro atoms. The summed E-state index contributed by atoms with van der Waals surface area (Å²) in [6.45, 7) is 0.570. The van der Waals surface area contributed by atoms with Crippen molar-refractivity contribution >= 4 is 40.5 Å². The van der Waals surface area contributed by atoms with Crippen molar-refractivity contribution in [2.75, 3.05) is 12.4 Å². The second-order valence-corrected chi connectivity index (χ2v) is 5.28. The van der Waals surface area contributed by atoms with Gasteiger partial charge in [-0.1, -0.05) is 34.8 Å². The SMILES string of the molecule is COc1ccc(Cl)cc1CNc1cc(Cl)cc(Cl)c1. The number of ether oxygens (including phenoxy) is 1. The minimum atomic E-state index is 0.570. The zero-order valence-corrected chi connectivity index (χ0v) is 12.5. The lowest BCUT2D eigenvalue weighted by Crippen LogP contribution is -2.01. The maximum atomic E-state index is 5.98. The lowest BCUT2D eigenvalue weighted by atomic mass is 10.2. The van der Waals surface area contributed by atoms with Crippen LogP contribution in [0.1, 0.15) is 5.56 Å². The molecule has 0 unspecified atom stereocenters. The molecular weight excluding hydrogens is 305 g/mol. The molecule has 5 heteroatoms. The fraction of sp³-hybridized carbons (Fsp3) is 0.143. The molecular formula is C14H12Cl3NO. The molecule has 0 aliphatic rings. The fourth-order valence-electron chi connectivity index (χ4n) is 1.74. The van der Waals surface area contributed by atoms with E-state index in [1.54, 1.807) is 19.2 Å². The van der Waals surface area contributed by atoms with Gasteiger partial charge in [0.25, 0.3) is 0 Å². The molecule has 0 fully saturated rings. The molecule has 19 heavy (non-hydrogen) atoms. The molecule has 0 atom stereocenters. The topological polar surface area (TPSA) is 21.3 Å². The molecule has 0 amide bonds. The molecule has 1 N–H and O–H groups in total. The number of hydrogen-bond donors (Lipinski definition) is 1. The number of rotatable bonds is 4. The highest BCUT2D eigenvalue weighted by Gasteiger charge is 2.04. The monoisotopic (exact) mass is 315 g/mol. The summed E-state index contributed by atoms with van der Waals surface area (Å²) < 4.78 is 5.29. The van der Waals surface area contributed by atoms with Crippen LogP contribution in [-0.2, 0) is 6.54 Å². The standard InChI is InChI=1S/C14H12Cl3NO/c1-19-14-3-2-10(15)4-9(14)8-18-13-6-11(16)5-12(17)7-13/h2-7,18H,8H2,1H3. The first-order valence-corrected chi connectivity index (χ1v) is 6.74. The molecule has 0 saturated heterocycles. The first kappa shape index (κ1) is 14.3. The fourth-order valence-corrected chi connectivity index (χ4v) is 2.46. The van der Waals surface area contributed by atoms with Gasteiger partial charge in [-0.25, -0.2) is 0 Å². The van der Waals surface area contributed by atoms with Crippen LogP contribution in [0.2, 0.25) is 15.1 Å². The van der Waals surface area contributed by atoms with Gasteiger partial charge in [0.05, 0.1) is 7.11 Å². The van der Waals surface area contributed by atoms with Crippen LogP contribution >= 0.6 is 34.8 Å². The molecule has 0 bridgehead atoms. The Balaban J connectivity index is 2.16. The number of methoxy groups -OCH3 is 1. The van der Waals surface area contributed by atoms with E-state index in [9.17, 15) is 0 Å². The Morgan fingerprint density at radius 1 is 0.947 bits per heavy atom. The molecule has 0 aliphatic heterocycles.